The van der Waals surface area contributed by atoms with Crippen molar-refractivity contribution < 1.29 is 8.83 Å². The monoisotopic (exact) mass is 748 g/mol. The summed E-state index contributed by atoms with van der Waals surface area (Å²) in [5.41, 5.74) is 11.8. The zero-order valence-corrected chi connectivity index (χ0v) is 32.4. The highest BCUT2D eigenvalue weighted by molar-refractivity contribution is 6.19. The van der Waals surface area contributed by atoms with E-state index >= 15 is 0 Å². The lowest BCUT2D eigenvalue weighted by Crippen LogP contribution is -2.31. The summed E-state index contributed by atoms with van der Waals surface area (Å²) < 4.78 is 13.4. The van der Waals surface area contributed by atoms with E-state index in [9.17, 15) is 0 Å². The Labute approximate surface area is 336 Å². The Balaban J connectivity index is 1.15. The number of hydrogen-bond donors (Lipinski definition) is 0. The van der Waals surface area contributed by atoms with Crippen molar-refractivity contribution in [2.24, 2.45) is 5.92 Å². The summed E-state index contributed by atoms with van der Waals surface area (Å²) in [6.07, 6.45) is 8.97. The number of fused-ring (bicyclic) bond motifs is 6. The molecule has 2 aliphatic carbocycles. The lowest BCUT2D eigenvalue weighted by molar-refractivity contribution is 0.667. The number of rotatable bonds is 6. The second-order valence-corrected chi connectivity index (χ2v) is 16.1. The van der Waals surface area contributed by atoms with E-state index in [1.54, 1.807) is 0 Å². The molecule has 2 aromatic heterocycles. The normalized spacial score (nSPS) is 16.7. The van der Waals surface area contributed by atoms with E-state index in [0.717, 1.165) is 79.5 Å². The Morgan fingerprint density at radius 2 is 1.16 bits per heavy atom. The van der Waals surface area contributed by atoms with E-state index in [1.807, 2.05) is 6.07 Å². The van der Waals surface area contributed by atoms with Gasteiger partial charge in [0.05, 0.1) is 17.1 Å². The highest BCUT2D eigenvalue weighted by Crippen LogP contribution is 2.48. The van der Waals surface area contributed by atoms with Gasteiger partial charge in [0.2, 0.25) is 0 Å². The summed E-state index contributed by atoms with van der Waals surface area (Å²) in [7, 11) is 0. The number of anilines is 4. The first-order chi connectivity index (χ1) is 28.6. The van der Waals surface area contributed by atoms with Gasteiger partial charge >= 0.3 is 0 Å². The Hall–Kier alpha value is -7.04. The predicted molar refractivity (Wildman–Crippen MR) is 242 cm³/mol. The summed E-state index contributed by atoms with van der Waals surface area (Å²) in [6.45, 7) is 4.68. The number of hydrogen-bond acceptors (Lipinski definition) is 4. The third-order valence-corrected chi connectivity index (χ3v) is 12.6. The summed E-state index contributed by atoms with van der Waals surface area (Å²) in [5, 5.41) is 10.9. The minimum absolute atomic E-state index is 0.292. The topological polar surface area (TPSA) is 32.8 Å². The molecule has 0 spiro atoms. The Kier molecular flexibility index (Phi) is 7.28. The minimum Gasteiger partial charge on any atom is -0.454 e. The Morgan fingerprint density at radius 1 is 0.517 bits per heavy atom. The lowest BCUT2D eigenvalue weighted by Gasteiger charge is -2.35. The van der Waals surface area contributed by atoms with Crippen molar-refractivity contribution in [3.63, 3.8) is 0 Å². The van der Waals surface area contributed by atoms with Crippen LogP contribution in [0.4, 0.5) is 22.7 Å². The fraction of sp³-hybridized carbons (Fsp3) is 0.111. The molecule has 0 bridgehead atoms. The van der Waals surface area contributed by atoms with E-state index < -0.39 is 0 Å². The first kappa shape index (κ1) is 33.1. The van der Waals surface area contributed by atoms with E-state index in [2.05, 4.69) is 187 Å². The molecule has 0 fully saturated rings. The van der Waals surface area contributed by atoms with Gasteiger partial charge in [0.1, 0.15) is 11.2 Å². The number of para-hydroxylation sites is 5. The van der Waals surface area contributed by atoms with Crippen molar-refractivity contribution in [2.45, 2.75) is 32.6 Å². The van der Waals surface area contributed by atoms with Crippen LogP contribution in [0.3, 0.4) is 0 Å². The number of benzene rings is 8. The molecule has 8 aromatic carbocycles. The average Bonchev–Trinajstić information content (AvgIpc) is 3.85. The summed E-state index contributed by atoms with van der Waals surface area (Å²) in [6, 6.07) is 54.6. The van der Waals surface area contributed by atoms with E-state index in [-0.39, 0.29) is 0 Å². The van der Waals surface area contributed by atoms with Crippen molar-refractivity contribution >= 4 is 93.9 Å². The van der Waals surface area contributed by atoms with Crippen LogP contribution >= 0.6 is 0 Å². The minimum atomic E-state index is 0.292. The van der Waals surface area contributed by atoms with Crippen LogP contribution in [0.25, 0.3) is 71.1 Å². The largest absolute Gasteiger partial charge is 0.454 e. The second-order valence-electron chi connectivity index (χ2n) is 16.1. The van der Waals surface area contributed by atoms with E-state index in [4.69, 9.17) is 8.83 Å². The highest BCUT2D eigenvalue weighted by Gasteiger charge is 2.30. The van der Waals surface area contributed by atoms with Crippen molar-refractivity contribution in [1.29, 1.82) is 0 Å². The molecule has 0 N–H and O–H groups in total. The SMILES string of the molecule is CC1C=CC(N(C2=c3ccc4ccc(N(c5ccccc5)c5cccc6c5oc5ccccc56)c5ccc(c3c45)C(C)C2)c2cccc3c2oc2ccccc23)=CC1. The van der Waals surface area contributed by atoms with Crippen LogP contribution in [0.5, 0.6) is 0 Å². The van der Waals surface area contributed by atoms with Crippen molar-refractivity contribution in [3.05, 3.63) is 186 Å². The van der Waals surface area contributed by atoms with E-state index in [1.165, 1.54) is 43.7 Å². The van der Waals surface area contributed by atoms with Crippen molar-refractivity contribution in [3.8, 4) is 0 Å². The molecule has 2 aliphatic rings. The average molecular weight is 749 g/mol. The van der Waals surface area contributed by atoms with Crippen LogP contribution < -0.4 is 15.0 Å². The first-order valence-corrected chi connectivity index (χ1v) is 20.5. The third-order valence-electron chi connectivity index (χ3n) is 12.6. The zero-order valence-electron chi connectivity index (χ0n) is 32.4. The van der Waals surface area contributed by atoms with Gasteiger partial charge in [-0.2, -0.15) is 0 Å². The summed E-state index contributed by atoms with van der Waals surface area (Å²) in [4.78, 5) is 4.90. The number of allylic oxidation sites excluding steroid dienone is 3. The lowest BCUT2D eigenvalue weighted by atomic mass is 9.82. The van der Waals surface area contributed by atoms with Crippen LogP contribution in [0, 0.1) is 5.92 Å². The maximum Gasteiger partial charge on any atom is 0.159 e. The molecule has 2 heterocycles. The Bertz CT molecular complexity index is 3400. The fourth-order valence-electron chi connectivity index (χ4n) is 9.85. The van der Waals surface area contributed by atoms with Gasteiger partial charge in [-0.3, -0.25) is 0 Å². The zero-order chi connectivity index (χ0) is 38.5. The molecule has 58 heavy (non-hydrogen) atoms. The molecule has 0 saturated heterocycles. The van der Waals surface area contributed by atoms with Gasteiger partial charge in [0.15, 0.2) is 11.2 Å². The molecule has 12 rings (SSSR count). The fourth-order valence-corrected chi connectivity index (χ4v) is 9.85. The van der Waals surface area contributed by atoms with Gasteiger partial charge in [-0.15, -0.1) is 0 Å². The first-order valence-electron chi connectivity index (χ1n) is 20.5. The molecule has 4 heteroatoms. The third kappa shape index (κ3) is 4.88. The van der Waals surface area contributed by atoms with Crippen LogP contribution in [0.15, 0.2) is 184 Å². The number of nitrogens with zero attached hydrogens (tertiary/aromatic N) is 2. The summed E-state index contributed by atoms with van der Waals surface area (Å²) >= 11 is 0. The quantitative estimate of drug-likeness (QED) is 0.170. The highest BCUT2D eigenvalue weighted by atomic mass is 16.3. The second kappa shape index (κ2) is 12.7. The molecule has 10 aromatic rings. The van der Waals surface area contributed by atoms with Crippen molar-refractivity contribution in [2.75, 3.05) is 9.80 Å². The van der Waals surface area contributed by atoms with Gasteiger partial charge in [0.25, 0.3) is 0 Å². The van der Waals surface area contributed by atoms with E-state index in [0.29, 0.717) is 11.8 Å². The van der Waals surface area contributed by atoms with Gasteiger partial charge in [-0.05, 0) is 94.9 Å². The molecule has 2 unspecified atom stereocenters. The predicted octanol–water partition coefficient (Wildman–Crippen LogP) is 14.6. The molecule has 2 atom stereocenters. The molecule has 4 nitrogen and oxygen atoms in total. The molecule has 0 radical (unpaired) electrons. The molecular weight excluding hydrogens is 709 g/mol. The number of furan rings is 2. The molecule has 0 amide bonds. The summed E-state index contributed by atoms with van der Waals surface area (Å²) in [5.74, 6) is 0.786. The molecular formula is C54H40N2O2. The van der Waals surface area contributed by atoms with Crippen LogP contribution in [-0.4, -0.2) is 0 Å². The van der Waals surface area contributed by atoms with Gasteiger partial charge in [0, 0.05) is 49.2 Å². The van der Waals surface area contributed by atoms with Crippen LogP contribution in [0.1, 0.15) is 38.2 Å². The smallest absolute Gasteiger partial charge is 0.159 e. The maximum absolute atomic E-state index is 6.74. The molecule has 278 valence electrons. The van der Waals surface area contributed by atoms with Crippen LogP contribution in [-0.2, 0) is 0 Å². The standard InChI is InChI=1S/C54H40N2O2/c1-33-22-26-37(27-23-33)56(47-19-11-17-42-40-15-7-9-21-50(40)58-54(42)47)48-32-34(2)38-29-30-43-45(31-25-35-24-28-44(48)52(38)51(35)43)55(36-12-4-3-5-13-36)46-18-10-16-41-39-14-6-8-20-49(39)57-53(41)46/h3-22,24-31,33-34H,23,32H2,1-2H3. The van der Waals surface area contributed by atoms with Gasteiger partial charge < -0.3 is 18.6 Å². The van der Waals surface area contributed by atoms with Crippen molar-refractivity contribution in [1.82, 2.24) is 0 Å². The molecule has 0 saturated carbocycles. The Morgan fingerprint density at radius 3 is 1.84 bits per heavy atom. The van der Waals surface area contributed by atoms with Gasteiger partial charge in [-0.1, -0.05) is 135 Å². The van der Waals surface area contributed by atoms with Crippen LogP contribution in [0.2, 0.25) is 0 Å². The molecule has 0 aliphatic heterocycles. The van der Waals surface area contributed by atoms with Gasteiger partial charge in [-0.25, -0.2) is 0 Å². The maximum atomic E-state index is 6.74.